The lowest BCUT2D eigenvalue weighted by molar-refractivity contribution is -0.132. The lowest BCUT2D eigenvalue weighted by atomic mass is 10.1. The Bertz CT molecular complexity index is 965. The van der Waals surface area contributed by atoms with E-state index in [1.807, 2.05) is 37.3 Å². The zero-order valence-corrected chi connectivity index (χ0v) is 17.7. The quantitative estimate of drug-likeness (QED) is 0.621. The molecule has 3 rings (SSSR count). The molecule has 160 valence electrons. The van der Waals surface area contributed by atoms with Gasteiger partial charge in [0, 0.05) is 31.5 Å². The highest BCUT2D eigenvalue weighted by molar-refractivity contribution is 6.03. The van der Waals surface area contributed by atoms with Crippen molar-refractivity contribution in [3.05, 3.63) is 60.2 Å². The van der Waals surface area contributed by atoms with Crippen molar-refractivity contribution in [3.63, 3.8) is 0 Å². The van der Waals surface area contributed by atoms with Gasteiger partial charge in [-0.25, -0.2) is 5.01 Å². The number of anilines is 1. The van der Waals surface area contributed by atoms with Crippen molar-refractivity contribution in [2.75, 3.05) is 24.6 Å². The van der Waals surface area contributed by atoms with Gasteiger partial charge in [-0.05, 0) is 36.8 Å². The van der Waals surface area contributed by atoms with Gasteiger partial charge in [0.15, 0.2) is 0 Å². The summed E-state index contributed by atoms with van der Waals surface area (Å²) in [6.45, 7) is 3.26. The van der Waals surface area contributed by atoms with Gasteiger partial charge in [-0.15, -0.1) is 0 Å². The van der Waals surface area contributed by atoms with E-state index in [9.17, 15) is 9.59 Å². The van der Waals surface area contributed by atoms with Gasteiger partial charge in [0.2, 0.25) is 11.8 Å². The largest absolute Gasteiger partial charge is 0.494 e. The standard InChI is InChI=1S/C24H26N4O3/c1-2-31-21-11-9-20(10-12-21)27(17-6-16-25)23(29)13-14-24(30)28-18-15-22(26-28)19-7-4-3-5-8-19/h3-5,7-12H,2,6,13-15,17-18H2,1H3. The number of hydrogen-bond acceptors (Lipinski definition) is 5. The third-order valence-corrected chi connectivity index (χ3v) is 4.96. The minimum atomic E-state index is -0.195. The summed E-state index contributed by atoms with van der Waals surface area (Å²) in [5.41, 5.74) is 2.57. The third-order valence-electron chi connectivity index (χ3n) is 4.96. The molecule has 1 aliphatic rings. The van der Waals surface area contributed by atoms with Gasteiger partial charge in [0.05, 0.1) is 31.4 Å². The topological polar surface area (TPSA) is 86.0 Å². The zero-order chi connectivity index (χ0) is 22.1. The first-order valence-electron chi connectivity index (χ1n) is 10.5. The Hall–Kier alpha value is -3.66. The van der Waals surface area contributed by atoms with E-state index in [-0.39, 0.29) is 37.6 Å². The van der Waals surface area contributed by atoms with Gasteiger partial charge in [-0.1, -0.05) is 30.3 Å². The number of nitrogens with zero attached hydrogens (tertiary/aromatic N) is 4. The Morgan fingerprint density at radius 1 is 1.13 bits per heavy atom. The maximum absolute atomic E-state index is 12.8. The molecule has 0 spiro atoms. The van der Waals surface area contributed by atoms with Crippen LogP contribution in [0.3, 0.4) is 0 Å². The number of amides is 2. The SMILES string of the molecule is CCOc1ccc(N(CCC#N)C(=O)CCC(=O)N2CCC(c3ccccc3)=N2)cc1. The van der Waals surface area contributed by atoms with E-state index in [0.717, 1.165) is 17.0 Å². The summed E-state index contributed by atoms with van der Waals surface area (Å²) < 4.78 is 5.44. The lowest BCUT2D eigenvalue weighted by Crippen LogP contribution is -2.33. The Kier molecular flexibility index (Phi) is 7.77. The second-order valence-electron chi connectivity index (χ2n) is 7.06. The van der Waals surface area contributed by atoms with Crippen molar-refractivity contribution in [2.45, 2.75) is 32.6 Å². The molecule has 31 heavy (non-hydrogen) atoms. The summed E-state index contributed by atoms with van der Waals surface area (Å²) in [7, 11) is 0. The number of benzene rings is 2. The number of ether oxygens (including phenoxy) is 1. The van der Waals surface area contributed by atoms with Gasteiger partial charge in [-0.3, -0.25) is 9.59 Å². The fourth-order valence-corrected chi connectivity index (χ4v) is 3.40. The molecule has 0 N–H and O–H groups in total. The number of rotatable bonds is 9. The van der Waals surface area contributed by atoms with Crippen LogP contribution in [0.15, 0.2) is 59.7 Å². The van der Waals surface area contributed by atoms with Crippen LogP contribution >= 0.6 is 0 Å². The Morgan fingerprint density at radius 2 is 1.87 bits per heavy atom. The summed E-state index contributed by atoms with van der Waals surface area (Å²) >= 11 is 0. The second-order valence-corrected chi connectivity index (χ2v) is 7.06. The summed E-state index contributed by atoms with van der Waals surface area (Å²) in [4.78, 5) is 27.0. The van der Waals surface area contributed by atoms with Crippen molar-refractivity contribution >= 4 is 23.2 Å². The predicted octanol–water partition coefficient (Wildman–Crippen LogP) is 3.75. The van der Waals surface area contributed by atoms with Crippen LogP contribution in [0.25, 0.3) is 0 Å². The van der Waals surface area contributed by atoms with Crippen LogP contribution in [0.5, 0.6) is 5.75 Å². The molecule has 0 aromatic heterocycles. The minimum absolute atomic E-state index is 0.0597. The average Bonchev–Trinajstić information content (AvgIpc) is 3.30. The van der Waals surface area contributed by atoms with Crippen molar-refractivity contribution in [1.29, 1.82) is 5.26 Å². The van der Waals surface area contributed by atoms with E-state index in [0.29, 0.717) is 25.3 Å². The minimum Gasteiger partial charge on any atom is -0.494 e. The van der Waals surface area contributed by atoms with Crippen LogP contribution in [-0.2, 0) is 9.59 Å². The first-order valence-corrected chi connectivity index (χ1v) is 10.5. The van der Waals surface area contributed by atoms with Crippen molar-refractivity contribution in [3.8, 4) is 11.8 Å². The molecular weight excluding hydrogens is 392 g/mol. The molecule has 0 fully saturated rings. The molecule has 0 saturated heterocycles. The fraction of sp³-hybridized carbons (Fsp3) is 0.333. The van der Waals surface area contributed by atoms with Crippen LogP contribution in [0.1, 0.15) is 38.2 Å². The van der Waals surface area contributed by atoms with E-state index in [2.05, 4.69) is 11.2 Å². The number of hydrazone groups is 1. The molecule has 1 heterocycles. The van der Waals surface area contributed by atoms with Gasteiger partial charge < -0.3 is 9.64 Å². The number of carbonyl (C=O) groups is 2. The maximum Gasteiger partial charge on any atom is 0.243 e. The van der Waals surface area contributed by atoms with Crippen molar-refractivity contribution in [1.82, 2.24) is 5.01 Å². The zero-order valence-electron chi connectivity index (χ0n) is 17.7. The highest BCUT2D eigenvalue weighted by atomic mass is 16.5. The Labute approximate surface area is 182 Å². The molecule has 7 heteroatoms. The number of carbonyl (C=O) groups excluding carboxylic acids is 2. The molecule has 2 aromatic rings. The van der Waals surface area contributed by atoms with Crippen molar-refractivity contribution in [2.24, 2.45) is 5.10 Å². The number of hydrogen-bond donors (Lipinski definition) is 0. The molecular formula is C24H26N4O3. The van der Waals surface area contributed by atoms with Gasteiger partial charge >= 0.3 is 0 Å². The molecule has 0 unspecified atom stereocenters. The molecule has 1 aliphatic heterocycles. The van der Waals surface area contributed by atoms with Crippen molar-refractivity contribution < 1.29 is 14.3 Å². The average molecular weight is 418 g/mol. The molecule has 0 bridgehead atoms. The highest BCUT2D eigenvalue weighted by Crippen LogP contribution is 2.21. The van der Waals surface area contributed by atoms with Crippen LogP contribution in [0, 0.1) is 11.3 Å². The maximum atomic E-state index is 12.8. The number of nitriles is 1. The van der Waals surface area contributed by atoms with Crippen LogP contribution in [0.2, 0.25) is 0 Å². The first kappa shape index (κ1) is 22.0. The molecule has 2 amide bonds. The smallest absolute Gasteiger partial charge is 0.243 e. The van der Waals surface area contributed by atoms with E-state index < -0.39 is 0 Å². The Morgan fingerprint density at radius 3 is 2.55 bits per heavy atom. The summed E-state index contributed by atoms with van der Waals surface area (Å²) in [6.07, 6.45) is 1.04. The molecule has 0 atom stereocenters. The van der Waals surface area contributed by atoms with Crippen LogP contribution in [-0.4, -0.2) is 42.2 Å². The van der Waals surface area contributed by atoms with E-state index in [1.54, 1.807) is 29.2 Å². The summed E-state index contributed by atoms with van der Waals surface area (Å²) in [6, 6.07) is 19.0. The lowest BCUT2D eigenvalue weighted by Gasteiger charge is -2.22. The molecule has 0 radical (unpaired) electrons. The van der Waals surface area contributed by atoms with Gasteiger partial charge in [0.1, 0.15) is 5.75 Å². The van der Waals surface area contributed by atoms with E-state index in [1.165, 1.54) is 5.01 Å². The molecule has 0 saturated carbocycles. The molecule has 7 nitrogen and oxygen atoms in total. The van der Waals surface area contributed by atoms with E-state index in [4.69, 9.17) is 10.00 Å². The fourth-order valence-electron chi connectivity index (χ4n) is 3.40. The first-order chi connectivity index (χ1) is 15.1. The highest BCUT2D eigenvalue weighted by Gasteiger charge is 2.23. The van der Waals surface area contributed by atoms with Gasteiger partial charge in [0.25, 0.3) is 0 Å². The van der Waals surface area contributed by atoms with E-state index >= 15 is 0 Å². The van der Waals surface area contributed by atoms with Gasteiger partial charge in [-0.2, -0.15) is 10.4 Å². The second kappa shape index (κ2) is 10.9. The normalized spacial score (nSPS) is 12.8. The Balaban J connectivity index is 1.60. The third kappa shape index (κ3) is 5.92. The van der Waals surface area contributed by atoms with Crippen LogP contribution < -0.4 is 9.64 Å². The summed E-state index contributed by atoms with van der Waals surface area (Å²) in [5.74, 6) is 0.348. The monoisotopic (exact) mass is 418 g/mol. The predicted molar refractivity (Wildman–Crippen MR) is 119 cm³/mol. The summed E-state index contributed by atoms with van der Waals surface area (Å²) in [5, 5.41) is 14.8. The van der Waals surface area contributed by atoms with Crippen LogP contribution in [0.4, 0.5) is 5.69 Å². The molecule has 2 aromatic carbocycles. The molecule has 0 aliphatic carbocycles.